The minimum absolute atomic E-state index is 0.0276. The summed E-state index contributed by atoms with van der Waals surface area (Å²) in [6.45, 7) is 1.33. The van der Waals surface area contributed by atoms with Crippen LogP contribution in [0, 0.1) is 0 Å². The minimum atomic E-state index is -0.435. The number of rotatable bonds is 5. The van der Waals surface area contributed by atoms with Crippen LogP contribution < -0.4 is 20.7 Å². The lowest BCUT2D eigenvalue weighted by molar-refractivity contribution is -0.114. The standard InChI is InChI=1S/C15H17N5O3/c1-9(21)17-12-11(14(22)16-2)13(20-15(19-12)23-3)18-10-7-5-4-6-8-10/h4-8H,1-3H3,(H,16,22)(H2,17,18,19,20,21). The van der Waals surface area contributed by atoms with Gasteiger partial charge in [-0.2, -0.15) is 9.97 Å². The fourth-order valence-corrected chi connectivity index (χ4v) is 1.88. The predicted molar refractivity (Wildman–Crippen MR) is 86.0 cm³/mol. The van der Waals surface area contributed by atoms with Crippen molar-refractivity contribution in [1.29, 1.82) is 0 Å². The number of aromatic nitrogens is 2. The Morgan fingerprint density at radius 1 is 1.09 bits per heavy atom. The summed E-state index contributed by atoms with van der Waals surface area (Å²) in [4.78, 5) is 31.8. The van der Waals surface area contributed by atoms with Crippen molar-refractivity contribution in [1.82, 2.24) is 15.3 Å². The summed E-state index contributed by atoms with van der Waals surface area (Å²) in [6.07, 6.45) is 0. The molecule has 23 heavy (non-hydrogen) atoms. The highest BCUT2D eigenvalue weighted by Crippen LogP contribution is 2.26. The molecule has 2 rings (SSSR count). The first-order chi connectivity index (χ1) is 11.0. The van der Waals surface area contributed by atoms with Gasteiger partial charge >= 0.3 is 6.01 Å². The van der Waals surface area contributed by atoms with Gasteiger partial charge in [-0.05, 0) is 12.1 Å². The third-order valence-corrected chi connectivity index (χ3v) is 2.86. The molecule has 1 aromatic heterocycles. The number of benzene rings is 1. The van der Waals surface area contributed by atoms with Crippen LogP contribution in [0.2, 0.25) is 0 Å². The van der Waals surface area contributed by atoms with Gasteiger partial charge in [0.1, 0.15) is 5.56 Å². The van der Waals surface area contributed by atoms with Crippen molar-refractivity contribution in [3.63, 3.8) is 0 Å². The minimum Gasteiger partial charge on any atom is -0.467 e. The monoisotopic (exact) mass is 315 g/mol. The Hall–Kier alpha value is -3.16. The Morgan fingerprint density at radius 3 is 2.30 bits per heavy atom. The molecule has 0 saturated heterocycles. The van der Waals surface area contributed by atoms with Crippen LogP contribution in [0.15, 0.2) is 30.3 Å². The molecular weight excluding hydrogens is 298 g/mol. The molecule has 0 saturated carbocycles. The molecule has 0 radical (unpaired) electrons. The highest BCUT2D eigenvalue weighted by Gasteiger charge is 2.21. The second-order valence-electron chi connectivity index (χ2n) is 4.53. The van der Waals surface area contributed by atoms with Gasteiger partial charge < -0.3 is 20.7 Å². The van der Waals surface area contributed by atoms with Crippen LogP contribution in [0.25, 0.3) is 0 Å². The van der Waals surface area contributed by atoms with Crippen LogP contribution in [-0.2, 0) is 4.79 Å². The van der Waals surface area contributed by atoms with Gasteiger partial charge in [0.05, 0.1) is 7.11 Å². The van der Waals surface area contributed by atoms with Crippen LogP contribution in [0.5, 0.6) is 6.01 Å². The quantitative estimate of drug-likeness (QED) is 0.773. The van der Waals surface area contributed by atoms with Gasteiger partial charge in [-0.3, -0.25) is 9.59 Å². The van der Waals surface area contributed by atoms with E-state index in [1.165, 1.54) is 21.1 Å². The van der Waals surface area contributed by atoms with Crippen molar-refractivity contribution in [3.8, 4) is 6.01 Å². The van der Waals surface area contributed by atoms with E-state index in [4.69, 9.17) is 4.74 Å². The number of carbonyl (C=O) groups excluding carboxylic acids is 2. The number of carbonyl (C=O) groups is 2. The molecule has 0 aliphatic rings. The van der Waals surface area contributed by atoms with E-state index in [0.717, 1.165) is 5.69 Å². The molecule has 0 fully saturated rings. The second kappa shape index (κ2) is 7.21. The maximum atomic E-state index is 12.2. The van der Waals surface area contributed by atoms with Crippen molar-refractivity contribution in [2.75, 3.05) is 24.8 Å². The number of nitrogens with one attached hydrogen (secondary N) is 3. The molecule has 0 spiro atoms. The third kappa shape index (κ3) is 3.94. The average molecular weight is 315 g/mol. The molecule has 0 aliphatic carbocycles. The zero-order valence-corrected chi connectivity index (χ0v) is 13.0. The van der Waals surface area contributed by atoms with E-state index in [2.05, 4.69) is 25.9 Å². The Bertz CT molecular complexity index is 719. The largest absolute Gasteiger partial charge is 0.467 e. The molecule has 1 heterocycles. The Kier molecular flexibility index (Phi) is 5.08. The highest BCUT2D eigenvalue weighted by atomic mass is 16.5. The van der Waals surface area contributed by atoms with Gasteiger partial charge in [-0.1, -0.05) is 18.2 Å². The summed E-state index contributed by atoms with van der Waals surface area (Å²) in [6, 6.07) is 9.22. The number of methoxy groups -OCH3 is 1. The summed E-state index contributed by atoms with van der Waals surface area (Å²) in [7, 11) is 2.88. The number of hydrogen-bond donors (Lipinski definition) is 3. The number of para-hydroxylation sites is 1. The van der Waals surface area contributed by atoms with Gasteiger partial charge in [0.25, 0.3) is 5.91 Å². The summed E-state index contributed by atoms with van der Waals surface area (Å²) in [5.74, 6) is -0.496. The van der Waals surface area contributed by atoms with E-state index in [-0.39, 0.29) is 29.1 Å². The predicted octanol–water partition coefficient (Wildman–Crippen LogP) is 1.55. The van der Waals surface area contributed by atoms with Crippen molar-refractivity contribution in [3.05, 3.63) is 35.9 Å². The molecule has 0 atom stereocenters. The normalized spacial score (nSPS) is 9.87. The van der Waals surface area contributed by atoms with Crippen molar-refractivity contribution in [2.45, 2.75) is 6.92 Å². The van der Waals surface area contributed by atoms with E-state index in [0.29, 0.717) is 0 Å². The van der Waals surface area contributed by atoms with Gasteiger partial charge in [-0.15, -0.1) is 0 Å². The Morgan fingerprint density at radius 2 is 1.74 bits per heavy atom. The zero-order valence-electron chi connectivity index (χ0n) is 13.0. The number of ether oxygens (including phenoxy) is 1. The molecule has 3 N–H and O–H groups in total. The fraction of sp³-hybridized carbons (Fsp3) is 0.200. The molecule has 0 bridgehead atoms. The van der Waals surface area contributed by atoms with E-state index < -0.39 is 5.91 Å². The van der Waals surface area contributed by atoms with Crippen molar-refractivity contribution in [2.24, 2.45) is 0 Å². The van der Waals surface area contributed by atoms with Crippen LogP contribution in [0.1, 0.15) is 17.3 Å². The molecule has 8 nitrogen and oxygen atoms in total. The molecule has 8 heteroatoms. The second-order valence-corrected chi connectivity index (χ2v) is 4.53. The van der Waals surface area contributed by atoms with Gasteiger partial charge in [0.15, 0.2) is 11.6 Å². The summed E-state index contributed by atoms with van der Waals surface area (Å²) >= 11 is 0. The topological polar surface area (TPSA) is 105 Å². The maximum absolute atomic E-state index is 12.2. The first-order valence-electron chi connectivity index (χ1n) is 6.83. The molecule has 2 aromatic rings. The van der Waals surface area contributed by atoms with E-state index in [1.54, 1.807) is 0 Å². The Labute approximate surface area is 133 Å². The SMILES string of the molecule is CNC(=O)c1c(NC(C)=O)nc(OC)nc1Nc1ccccc1. The smallest absolute Gasteiger partial charge is 0.320 e. The number of nitrogens with zero attached hydrogens (tertiary/aromatic N) is 2. The Balaban J connectivity index is 2.56. The van der Waals surface area contributed by atoms with Gasteiger partial charge in [0.2, 0.25) is 5.91 Å². The fourth-order valence-electron chi connectivity index (χ4n) is 1.88. The summed E-state index contributed by atoms with van der Waals surface area (Å²) < 4.78 is 5.04. The van der Waals surface area contributed by atoms with Crippen molar-refractivity contribution < 1.29 is 14.3 Å². The van der Waals surface area contributed by atoms with Crippen LogP contribution >= 0.6 is 0 Å². The highest BCUT2D eigenvalue weighted by molar-refractivity contribution is 6.06. The van der Waals surface area contributed by atoms with E-state index in [9.17, 15) is 9.59 Å². The molecule has 2 amide bonds. The van der Waals surface area contributed by atoms with Crippen LogP contribution in [0.4, 0.5) is 17.3 Å². The third-order valence-electron chi connectivity index (χ3n) is 2.86. The average Bonchev–Trinajstić information content (AvgIpc) is 2.54. The summed E-state index contributed by atoms with van der Waals surface area (Å²) in [5.41, 5.74) is 0.847. The maximum Gasteiger partial charge on any atom is 0.320 e. The van der Waals surface area contributed by atoms with E-state index >= 15 is 0 Å². The number of amides is 2. The first kappa shape index (κ1) is 16.2. The lowest BCUT2D eigenvalue weighted by Crippen LogP contribution is -2.24. The zero-order chi connectivity index (χ0) is 16.8. The molecule has 0 aliphatic heterocycles. The number of anilines is 3. The van der Waals surface area contributed by atoms with Gasteiger partial charge in [-0.25, -0.2) is 0 Å². The van der Waals surface area contributed by atoms with Crippen LogP contribution in [-0.4, -0.2) is 35.9 Å². The molecule has 1 aromatic carbocycles. The van der Waals surface area contributed by atoms with Crippen LogP contribution in [0.3, 0.4) is 0 Å². The summed E-state index contributed by atoms with van der Waals surface area (Å²) in [5, 5.41) is 8.06. The number of hydrogen-bond acceptors (Lipinski definition) is 6. The molecule has 0 unspecified atom stereocenters. The van der Waals surface area contributed by atoms with Gasteiger partial charge in [0, 0.05) is 19.7 Å². The lowest BCUT2D eigenvalue weighted by atomic mass is 10.2. The first-order valence-corrected chi connectivity index (χ1v) is 6.83. The van der Waals surface area contributed by atoms with Crippen molar-refractivity contribution >= 4 is 29.1 Å². The van der Waals surface area contributed by atoms with E-state index in [1.807, 2.05) is 30.3 Å². The molecule has 120 valence electrons. The molecular formula is C15H17N5O3. The lowest BCUT2D eigenvalue weighted by Gasteiger charge is -2.15.